The molecule has 1 N–H and O–H groups in total. The van der Waals surface area contributed by atoms with E-state index in [0.717, 1.165) is 11.0 Å². The number of nitrogens with one attached hydrogen (secondary N) is 1. The summed E-state index contributed by atoms with van der Waals surface area (Å²) in [6, 6.07) is 12.6. The Morgan fingerprint density at radius 3 is 2.33 bits per heavy atom. The summed E-state index contributed by atoms with van der Waals surface area (Å²) in [6.45, 7) is 8.09. The van der Waals surface area contributed by atoms with Crippen LogP contribution in [0.4, 0.5) is 10.5 Å². The Kier molecular flexibility index (Phi) is 6.29. The van der Waals surface area contributed by atoms with Gasteiger partial charge in [-0.1, -0.05) is 18.2 Å². The van der Waals surface area contributed by atoms with Crippen LogP contribution in [0.2, 0.25) is 0 Å². The summed E-state index contributed by atoms with van der Waals surface area (Å²) in [5.41, 5.74) is 1.31. The highest BCUT2D eigenvalue weighted by Gasteiger charge is 2.51. The Morgan fingerprint density at radius 1 is 1.00 bits per heavy atom. The Labute approximate surface area is 177 Å². The third-order valence-corrected chi connectivity index (χ3v) is 5.51. The summed E-state index contributed by atoms with van der Waals surface area (Å²) in [6.07, 6.45) is -0.569. The van der Waals surface area contributed by atoms with Gasteiger partial charge in [0, 0.05) is 17.3 Å². The van der Waals surface area contributed by atoms with Gasteiger partial charge in [-0.05, 0) is 51.4 Å². The van der Waals surface area contributed by atoms with Crippen molar-refractivity contribution in [1.29, 1.82) is 0 Å². The van der Waals surface area contributed by atoms with Crippen LogP contribution in [0, 0.1) is 0 Å². The standard InChI is InChI=1S/C22H28BNO6/c1-21(2)22(3,4)30-23(29-21)16-11-10-15(19(12-16)27-6)14-28-20(25)24-17-8-7-9-18(13-17)26-5/h7-13H,14H2,1-6H3,(H,24,25). The Balaban J connectivity index is 1.65. The van der Waals surface area contributed by atoms with Gasteiger partial charge in [-0.2, -0.15) is 0 Å². The lowest BCUT2D eigenvalue weighted by Crippen LogP contribution is -2.41. The van der Waals surface area contributed by atoms with Crippen LogP contribution >= 0.6 is 0 Å². The van der Waals surface area contributed by atoms with E-state index in [-0.39, 0.29) is 6.61 Å². The van der Waals surface area contributed by atoms with E-state index in [9.17, 15) is 4.79 Å². The van der Waals surface area contributed by atoms with Crippen LogP contribution in [0.15, 0.2) is 42.5 Å². The van der Waals surface area contributed by atoms with Crippen LogP contribution < -0.4 is 20.3 Å². The minimum atomic E-state index is -0.569. The lowest BCUT2D eigenvalue weighted by atomic mass is 9.78. The van der Waals surface area contributed by atoms with Crippen LogP contribution in [0.3, 0.4) is 0 Å². The van der Waals surface area contributed by atoms with E-state index in [1.807, 2.05) is 45.9 Å². The van der Waals surface area contributed by atoms with Crippen molar-refractivity contribution >= 4 is 24.4 Å². The molecule has 3 rings (SSSR count). The van der Waals surface area contributed by atoms with Gasteiger partial charge in [0.15, 0.2) is 0 Å². The third kappa shape index (κ3) is 4.71. The van der Waals surface area contributed by atoms with E-state index < -0.39 is 24.4 Å². The van der Waals surface area contributed by atoms with Gasteiger partial charge in [0.05, 0.1) is 25.4 Å². The maximum atomic E-state index is 12.1. The molecule has 8 heteroatoms. The molecule has 7 nitrogen and oxygen atoms in total. The van der Waals surface area contributed by atoms with Crippen molar-refractivity contribution in [3.05, 3.63) is 48.0 Å². The number of methoxy groups -OCH3 is 2. The highest BCUT2D eigenvalue weighted by atomic mass is 16.7. The van der Waals surface area contributed by atoms with Crippen LogP contribution in [-0.2, 0) is 20.7 Å². The Hall–Kier alpha value is -2.71. The lowest BCUT2D eigenvalue weighted by Gasteiger charge is -2.32. The average Bonchev–Trinajstić information content (AvgIpc) is 2.93. The molecule has 1 aliphatic heterocycles. The zero-order valence-corrected chi connectivity index (χ0v) is 18.3. The van der Waals surface area contributed by atoms with Crippen molar-refractivity contribution in [1.82, 2.24) is 0 Å². The highest BCUT2D eigenvalue weighted by molar-refractivity contribution is 6.62. The molecule has 1 saturated heterocycles. The van der Waals surface area contributed by atoms with Crippen molar-refractivity contribution in [3.63, 3.8) is 0 Å². The van der Waals surface area contributed by atoms with E-state index in [1.54, 1.807) is 38.5 Å². The lowest BCUT2D eigenvalue weighted by molar-refractivity contribution is 0.00578. The molecule has 1 fully saturated rings. The Morgan fingerprint density at radius 2 is 1.70 bits per heavy atom. The zero-order chi connectivity index (χ0) is 21.9. The van der Waals surface area contributed by atoms with Gasteiger partial charge in [-0.15, -0.1) is 0 Å². The highest BCUT2D eigenvalue weighted by Crippen LogP contribution is 2.36. The molecule has 2 aromatic carbocycles. The summed E-state index contributed by atoms with van der Waals surface area (Å²) in [5, 5.41) is 2.68. The van der Waals surface area contributed by atoms with E-state index in [1.165, 1.54) is 0 Å². The van der Waals surface area contributed by atoms with E-state index in [4.69, 9.17) is 23.5 Å². The van der Waals surface area contributed by atoms with Crippen LogP contribution in [0.1, 0.15) is 33.3 Å². The fourth-order valence-corrected chi connectivity index (χ4v) is 3.00. The molecule has 0 radical (unpaired) electrons. The predicted octanol–water partition coefficient (Wildman–Crippen LogP) is 3.75. The third-order valence-electron chi connectivity index (χ3n) is 5.51. The number of carbonyl (C=O) groups excluding carboxylic acids is 1. The second-order valence-corrected chi connectivity index (χ2v) is 8.09. The number of hydrogen-bond donors (Lipinski definition) is 1. The molecule has 0 bridgehead atoms. The van der Waals surface area contributed by atoms with E-state index in [2.05, 4.69) is 5.32 Å². The molecule has 0 aliphatic carbocycles. The number of amides is 1. The van der Waals surface area contributed by atoms with Crippen LogP contribution in [0.25, 0.3) is 0 Å². The molecule has 0 aromatic heterocycles. The largest absolute Gasteiger partial charge is 0.497 e. The van der Waals surface area contributed by atoms with Gasteiger partial charge in [-0.3, -0.25) is 5.32 Å². The maximum absolute atomic E-state index is 12.1. The van der Waals surface area contributed by atoms with Crippen molar-refractivity contribution in [3.8, 4) is 11.5 Å². The first-order valence-electron chi connectivity index (χ1n) is 9.75. The molecule has 1 aliphatic rings. The molecule has 0 spiro atoms. The van der Waals surface area contributed by atoms with Crippen LogP contribution in [-0.4, -0.2) is 38.6 Å². The SMILES string of the molecule is COc1cccc(NC(=O)OCc2ccc(B3OC(C)(C)C(C)(C)O3)cc2OC)c1. The number of carbonyl (C=O) groups is 1. The molecule has 160 valence electrons. The fraction of sp³-hybridized carbons (Fsp3) is 0.409. The zero-order valence-electron chi connectivity index (χ0n) is 18.3. The number of benzene rings is 2. The molecule has 30 heavy (non-hydrogen) atoms. The quantitative estimate of drug-likeness (QED) is 0.728. The summed E-state index contributed by atoms with van der Waals surface area (Å²) in [5.74, 6) is 1.24. The number of rotatable bonds is 6. The molecule has 0 saturated carbocycles. The fourth-order valence-electron chi connectivity index (χ4n) is 3.00. The normalized spacial score (nSPS) is 16.8. The molecule has 0 atom stereocenters. The number of ether oxygens (including phenoxy) is 3. The van der Waals surface area contributed by atoms with E-state index >= 15 is 0 Å². The average molecular weight is 413 g/mol. The van der Waals surface area contributed by atoms with Gasteiger partial charge in [0.1, 0.15) is 18.1 Å². The second kappa shape index (κ2) is 8.57. The van der Waals surface area contributed by atoms with Crippen molar-refractivity contribution in [2.45, 2.75) is 45.5 Å². The summed E-state index contributed by atoms with van der Waals surface area (Å²) >= 11 is 0. The molecule has 1 amide bonds. The van der Waals surface area contributed by atoms with E-state index in [0.29, 0.717) is 17.2 Å². The van der Waals surface area contributed by atoms with Gasteiger partial charge in [0.25, 0.3) is 0 Å². The Bertz CT molecular complexity index is 898. The minimum Gasteiger partial charge on any atom is -0.497 e. The topological polar surface area (TPSA) is 75.3 Å². The first-order valence-corrected chi connectivity index (χ1v) is 9.75. The monoisotopic (exact) mass is 413 g/mol. The van der Waals surface area contributed by atoms with Gasteiger partial charge in [-0.25, -0.2) is 4.79 Å². The first-order chi connectivity index (χ1) is 14.1. The molecule has 1 heterocycles. The predicted molar refractivity (Wildman–Crippen MR) is 116 cm³/mol. The summed E-state index contributed by atoms with van der Waals surface area (Å²) in [7, 11) is 2.65. The molecule has 2 aromatic rings. The molecule has 0 unspecified atom stereocenters. The van der Waals surface area contributed by atoms with Gasteiger partial charge in [0.2, 0.25) is 0 Å². The number of hydrogen-bond acceptors (Lipinski definition) is 6. The maximum Gasteiger partial charge on any atom is 0.494 e. The summed E-state index contributed by atoms with van der Waals surface area (Å²) < 4.78 is 28.2. The minimum absolute atomic E-state index is 0.0582. The van der Waals surface area contributed by atoms with Crippen molar-refractivity contribution < 1.29 is 28.3 Å². The van der Waals surface area contributed by atoms with Crippen molar-refractivity contribution in [2.75, 3.05) is 19.5 Å². The molecular formula is C22H28BNO6. The van der Waals surface area contributed by atoms with Gasteiger partial charge < -0.3 is 23.5 Å². The van der Waals surface area contributed by atoms with Crippen molar-refractivity contribution in [2.24, 2.45) is 0 Å². The second-order valence-electron chi connectivity index (χ2n) is 8.09. The summed E-state index contributed by atoms with van der Waals surface area (Å²) in [4.78, 5) is 12.1. The smallest absolute Gasteiger partial charge is 0.494 e. The van der Waals surface area contributed by atoms with Gasteiger partial charge >= 0.3 is 13.2 Å². The molecular weight excluding hydrogens is 385 g/mol. The number of anilines is 1. The van der Waals surface area contributed by atoms with Crippen LogP contribution in [0.5, 0.6) is 11.5 Å². The first kappa shape index (κ1) is 22.0.